The largest absolute Gasteiger partial charge is 0.490 e. The maximum atomic E-state index is 15.4. The summed E-state index contributed by atoms with van der Waals surface area (Å²) in [6, 6.07) is 7.87. The van der Waals surface area contributed by atoms with Crippen LogP contribution in [0.2, 0.25) is 0 Å². The molecule has 4 rings (SSSR count). The van der Waals surface area contributed by atoms with Crippen LogP contribution < -0.4 is 9.46 Å². The lowest BCUT2D eigenvalue weighted by atomic mass is 9.76. The Morgan fingerprint density at radius 3 is 2.31 bits per heavy atom. The van der Waals surface area contributed by atoms with E-state index in [4.69, 9.17) is 4.74 Å². The first-order chi connectivity index (χ1) is 20.9. The number of amides is 1. The molecule has 248 valence electrons. The minimum atomic E-state index is -3.79. The normalized spacial score (nSPS) is 20.0. The third-order valence-corrected chi connectivity index (χ3v) is 10.7. The molecule has 0 spiro atoms. The van der Waals surface area contributed by atoms with Crippen LogP contribution in [0.4, 0.5) is 8.78 Å². The number of hydrogen-bond acceptors (Lipinski definition) is 5. The van der Waals surface area contributed by atoms with Crippen LogP contribution in [0.15, 0.2) is 30.3 Å². The molecule has 0 aliphatic heterocycles. The van der Waals surface area contributed by atoms with Crippen LogP contribution in [-0.2, 0) is 25.0 Å². The highest BCUT2D eigenvalue weighted by Gasteiger charge is 2.35. The molecule has 1 N–H and O–H groups in total. The second-order valence-corrected chi connectivity index (χ2v) is 16.5. The summed E-state index contributed by atoms with van der Waals surface area (Å²) >= 11 is 0. The molecule has 45 heavy (non-hydrogen) atoms. The Bertz CT molecular complexity index is 1530. The number of sulfonamides is 1. The average molecular weight is 646 g/mol. The minimum absolute atomic E-state index is 0.000569. The van der Waals surface area contributed by atoms with Crippen molar-refractivity contribution >= 4 is 21.7 Å². The highest BCUT2D eigenvalue weighted by atomic mass is 32.2. The van der Waals surface area contributed by atoms with Gasteiger partial charge in [0.15, 0.2) is 11.6 Å². The maximum Gasteiger partial charge on any atom is 0.243 e. The van der Waals surface area contributed by atoms with Gasteiger partial charge in [0, 0.05) is 23.5 Å². The number of ether oxygens (including phenoxy) is 1. The third-order valence-electron chi connectivity index (χ3n) is 10.1. The van der Waals surface area contributed by atoms with Crippen LogP contribution in [-0.4, -0.2) is 32.5 Å². The Labute approximate surface area is 267 Å². The van der Waals surface area contributed by atoms with Gasteiger partial charge in [-0.1, -0.05) is 52.7 Å². The average Bonchev–Trinajstić information content (AvgIpc) is 3.36. The topological polar surface area (TPSA) is 89.5 Å². The zero-order chi connectivity index (χ0) is 33.3. The first-order valence-electron chi connectivity index (χ1n) is 16.3. The summed E-state index contributed by atoms with van der Waals surface area (Å²) in [7, 11) is -3.79. The molecule has 9 heteroatoms. The highest BCUT2D eigenvalue weighted by Crippen LogP contribution is 2.47. The van der Waals surface area contributed by atoms with Crippen molar-refractivity contribution in [2.75, 3.05) is 6.26 Å². The van der Waals surface area contributed by atoms with Gasteiger partial charge in [-0.05, 0) is 98.9 Å². The molecule has 6 nitrogen and oxygen atoms in total. The summed E-state index contributed by atoms with van der Waals surface area (Å²) in [5.74, 6) is -1.63. The molecule has 0 bridgehead atoms. The van der Waals surface area contributed by atoms with Gasteiger partial charge in [-0.3, -0.25) is 14.3 Å². The van der Waals surface area contributed by atoms with E-state index in [1.807, 2.05) is 6.92 Å². The van der Waals surface area contributed by atoms with Crippen molar-refractivity contribution in [2.45, 2.75) is 117 Å². The second-order valence-electron chi connectivity index (χ2n) is 14.7. The van der Waals surface area contributed by atoms with E-state index in [1.54, 1.807) is 38.1 Å². The van der Waals surface area contributed by atoms with Crippen molar-refractivity contribution in [3.05, 3.63) is 53.1 Å². The molecule has 0 heterocycles. The smallest absolute Gasteiger partial charge is 0.243 e. The lowest BCUT2D eigenvalue weighted by molar-refractivity contribution is -0.124. The summed E-state index contributed by atoms with van der Waals surface area (Å²) < 4.78 is 62.2. The Morgan fingerprint density at radius 1 is 1.02 bits per heavy atom. The maximum absolute atomic E-state index is 15.4. The van der Waals surface area contributed by atoms with Crippen molar-refractivity contribution in [3.8, 4) is 16.9 Å². The van der Waals surface area contributed by atoms with Gasteiger partial charge in [-0.2, -0.15) is 0 Å². The number of nitrogens with one attached hydrogen (secondary N) is 1. The van der Waals surface area contributed by atoms with E-state index in [0.29, 0.717) is 40.8 Å². The molecule has 2 fully saturated rings. The third kappa shape index (κ3) is 8.32. The fourth-order valence-corrected chi connectivity index (χ4v) is 7.22. The molecular formula is C36H49F2NO5S. The van der Waals surface area contributed by atoms with E-state index in [2.05, 4.69) is 25.5 Å². The quantitative estimate of drug-likeness (QED) is 0.237. The second kappa shape index (κ2) is 13.5. The predicted molar refractivity (Wildman–Crippen MR) is 174 cm³/mol. The molecule has 2 saturated carbocycles. The number of ketones is 1. The van der Waals surface area contributed by atoms with E-state index in [9.17, 15) is 22.4 Å². The van der Waals surface area contributed by atoms with E-state index in [1.165, 1.54) is 0 Å². The number of carbonyl (C=O) groups excluding carboxylic acids is 2. The number of halogens is 2. The lowest BCUT2D eigenvalue weighted by Crippen LogP contribution is -2.42. The van der Waals surface area contributed by atoms with Gasteiger partial charge in [0.2, 0.25) is 15.9 Å². The zero-order valence-electron chi connectivity index (χ0n) is 27.8. The zero-order valence-corrected chi connectivity index (χ0v) is 28.6. The number of hydrogen-bond donors (Lipinski definition) is 1. The minimum Gasteiger partial charge on any atom is -0.490 e. The predicted octanol–water partition coefficient (Wildman–Crippen LogP) is 8.22. The first-order valence-corrected chi connectivity index (χ1v) is 18.2. The van der Waals surface area contributed by atoms with Crippen LogP contribution in [0.25, 0.3) is 11.1 Å². The summed E-state index contributed by atoms with van der Waals surface area (Å²) in [6.07, 6.45) is 7.94. The SMILES string of the molecule is CCC(C)(C)C[C@H](C)C(=O)C[C@@H]1CC[C@@H](Oc2ccc(C(C)(C)C(=O)NS(C)(=O)=O)cc2-c2ccc(F)c(F)c2C2CCC2)C1. The first kappa shape index (κ1) is 35.1. The van der Waals surface area contributed by atoms with Crippen LogP contribution in [0, 0.1) is 28.9 Å². The van der Waals surface area contributed by atoms with E-state index in [-0.39, 0.29) is 35.1 Å². The molecule has 0 radical (unpaired) electrons. The van der Waals surface area contributed by atoms with Gasteiger partial charge in [-0.15, -0.1) is 0 Å². The van der Waals surface area contributed by atoms with Crippen molar-refractivity contribution in [1.82, 2.24) is 4.72 Å². The molecule has 1 amide bonds. The van der Waals surface area contributed by atoms with Crippen molar-refractivity contribution in [1.29, 1.82) is 0 Å². The monoisotopic (exact) mass is 645 g/mol. The van der Waals surface area contributed by atoms with Crippen LogP contribution >= 0.6 is 0 Å². The molecule has 2 aliphatic carbocycles. The van der Waals surface area contributed by atoms with Crippen LogP contribution in [0.1, 0.15) is 116 Å². The Kier molecular flexibility index (Phi) is 10.5. The van der Waals surface area contributed by atoms with Gasteiger partial charge >= 0.3 is 0 Å². The Morgan fingerprint density at radius 2 is 1.71 bits per heavy atom. The number of rotatable bonds is 13. The van der Waals surface area contributed by atoms with E-state index < -0.39 is 33.0 Å². The molecule has 2 aromatic carbocycles. The van der Waals surface area contributed by atoms with Gasteiger partial charge < -0.3 is 4.74 Å². The summed E-state index contributed by atoms with van der Waals surface area (Å²) in [5, 5.41) is 0. The molecule has 0 aromatic heterocycles. The van der Waals surface area contributed by atoms with Gasteiger partial charge in [-0.25, -0.2) is 17.2 Å². The number of benzene rings is 2. The van der Waals surface area contributed by atoms with Crippen molar-refractivity contribution in [3.63, 3.8) is 0 Å². The molecule has 0 saturated heterocycles. The molecule has 3 atom stereocenters. The fraction of sp³-hybridized carbons (Fsp3) is 0.611. The molecule has 0 unspecified atom stereocenters. The molecule has 2 aromatic rings. The summed E-state index contributed by atoms with van der Waals surface area (Å²) in [4.78, 5) is 26.1. The lowest BCUT2D eigenvalue weighted by Gasteiger charge is -2.30. The van der Waals surface area contributed by atoms with Crippen molar-refractivity contribution < 1.29 is 31.5 Å². The Balaban J connectivity index is 1.64. The summed E-state index contributed by atoms with van der Waals surface area (Å²) in [6.45, 7) is 11.8. The standard InChI is InChI=1S/C36H49F2NO5S/c1-8-35(3,4)21-22(2)30(40)19-23-12-14-26(18-23)44-31-17-13-25(36(5,6)34(41)39-45(7,42)43)20-28(31)27-15-16-29(37)33(38)32(27)24-10-9-11-24/h13,15-17,20,22-24,26H,8-12,14,18-19,21H2,1-7H3,(H,39,41)/t22-,23+,26+/m0/s1. The molecular weight excluding hydrogens is 596 g/mol. The van der Waals surface area contributed by atoms with Crippen LogP contribution in [0.3, 0.4) is 0 Å². The van der Waals surface area contributed by atoms with Crippen molar-refractivity contribution in [2.24, 2.45) is 17.3 Å². The van der Waals surface area contributed by atoms with Gasteiger partial charge in [0.05, 0.1) is 17.8 Å². The van der Waals surface area contributed by atoms with E-state index in [0.717, 1.165) is 57.3 Å². The number of carbonyl (C=O) groups is 2. The Hall–Kier alpha value is -2.81. The van der Waals surface area contributed by atoms with Crippen LogP contribution in [0.5, 0.6) is 5.75 Å². The molecule has 2 aliphatic rings. The van der Waals surface area contributed by atoms with E-state index >= 15 is 4.39 Å². The fourth-order valence-electron chi connectivity index (χ4n) is 6.63. The summed E-state index contributed by atoms with van der Waals surface area (Å²) in [5.41, 5.74) is 0.718. The van der Waals surface area contributed by atoms with Gasteiger partial charge in [0.25, 0.3) is 0 Å². The highest BCUT2D eigenvalue weighted by molar-refractivity contribution is 7.89. The van der Waals surface area contributed by atoms with Gasteiger partial charge in [0.1, 0.15) is 11.5 Å². The number of Topliss-reactive ketones (excluding diaryl/α,β-unsaturated/α-hetero) is 1.